The predicted octanol–water partition coefficient (Wildman–Crippen LogP) is -0.405. The zero-order valence-corrected chi connectivity index (χ0v) is 30.8. The van der Waals surface area contributed by atoms with Gasteiger partial charge in [0, 0.05) is 73.4 Å². The number of carbonyl (C=O) groups is 5. The van der Waals surface area contributed by atoms with Gasteiger partial charge in [-0.2, -0.15) is 0 Å². The van der Waals surface area contributed by atoms with E-state index < -0.39 is 73.4 Å². The lowest BCUT2D eigenvalue weighted by atomic mass is 9.82. The van der Waals surface area contributed by atoms with Gasteiger partial charge in [0.05, 0.1) is 6.61 Å². The van der Waals surface area contributed by atoms with E-state index >= 15 is 0 Å². The Balaban J connectivity index is 1.90. The summed E-state index contributed by atoms with van der Waals surface area (Å²) in [6.07, 6.45) is -3.23. The van der Waals surface area contributed by atoms with Crippen LogP contribution in [-0.4, -0.2) is 132 Å². The maximum Gasteiger partial charge on any atom is 0.324 e. The minimum Gasteiger partial charge on any atom is -0.463 e. The quantitative estimate of drug-likeness (QED) is 0.0476. The van der Waals surface area contributed by atoms with E-state index in [1.165, 1.54) is 21.0 Å². The van der Waals surface area contributed by atoms with Gasteiger partial charge in [0.25, 0.3) is 0 Å². The van der Waals surface area contributed by atoms with Gasteiger partial charge in [-0.3, -0.25) is 24.0 Å². The molecule has 2 fully saturated rings. The fourth-order valence-electron chi connectivity index (χ4n) is 5.71. The molecule has 0 saturated carbocycles. The smallest absolute Gasteiger partial charge is 0.324 e. The van der Waals surface area contributed by atoms with Crippen LogP contribution in [0.2, 0.25) is 0 Å². The maximum absolute atomic E-state index is 12.5. The summed E-state index contributed by atoms with van der Waals surface area (Å²) in [6, 6.07) is -1.25. The predicted molar refractivity (Wildman–Crippen MR) is 177 cm³/mol. The molecule has 0 aromatic rings. The van der Waals surface area contributed by atoms with Gasteiger partial charge in [0.2, 0.25) is 11.8 Å². The monoisotopic (exact) mass is 740 g/mol. The fourth-order valence-corrected chi connectivity index (χ4v) is 6.70. The molecule has 2 aliphatic heterocycles. The number of hydrogen-bond acceptors (Lipinski definition) is 15. The third-order valence-electron chi connectivity index (χ3n) is 7.79. The first-order valence-corrected chi connectivity index (χ1v) is 18.7. The van der Waals surface area contributed by atoms with Crippen LogP contribution in [0.4, 0.5) is 0 Å². The summed E-state index contributed by atoms with van der Waals surface area (Å²) >= 11 is 5.05. The van der Waals surface area contributed by atoms with Gasteiger partial charge in [-0.05, 0) is 37.5 Å². The van der Waals surface area contributed by atoms with Crippen molar-refractivity contribution in [1.82, 2.24) is 10.6 Å². The zero-order valence-electron chi connectivity index (χ0n) is 29.1. The van der Waals surface area contributed by atoms with Gasteiger partial charge in [0.1, 0.15) is 38.8 Å². The Hall–Kier alpha value is -2.22. The Bertz CT molecular complexity index is 1170. The third kappa shape index (κ3) is 14.9. The molecule has 0 aliphatic carbocycles. The molecule has 0 radical (unpaired) electrons. The molecule has 0 bridgehead atoms. The van der Waals surface area contributed by atoms with E-state index in [1.54, 1.807) is 7.11 Å². The van der Waals surface area contributed by atoms with Crippen molar-refractivity contribution in [3.8, 4) is 0 Å². The first kappa shape index (κ1) is 43.0. The summed E-state index contributed by atoms with van der Waals surface area (Å²) in [5.41, 5.74) is 0. The second kappa shape index (κ2) is 21.2. The van der Waals surface area contributed by atoms with E-state index in [0.717, 1.165) is 13.8 Å². The molecule has 10 atom stereocenters. The summed E-state index contributed by atoms with van der Waals surface area (Å²) in [7, 11) is 4.75. The Morgan fingerprint density at radius 3 is 2.12 bits per heavy atom. The van der Waals surface area contributed by atoms with Crippen molar-refractivity contribution in [3.63, 3.8) is 0 Å². The van der Waals surface area contributed by atoms with Crippen LogP contribution >= 0.6 is 6.72 Å². The lowest BCUT2D eigenvalue weighted by Crippen LogP contribution is -2.66. The van der Waals surface area contributed by atoms with E-state index in [2.05, 4.69) is 10.6 Å². The van der Waals surface area contributed by atoms with Gasteiger partial charge in [-0.25, -0.2) is 0 Å². The first-order valence-electron chi connectivity index (χ1n) is 16.1. The van der Waals surface area contributed by atoms with Crippen LogP contribution in [0.5, 0.6) is 0 Å². The summed E-state index contributed by atoms with van der Waals surface area (Å²) in [5.74, 6) is -2.76. The lowest BCUT2D eigenvalue weighted by molar-refractivity contribution is -0.277. The van der Waals surface area contributed by atoms with E-state index in [-0.39, 0.29) is 44.1 Å². The van der Waals surface area contributed by atoms with E-state index in [1.807, 2.05) is 7.85 Å². The van der Waals surface area contributed by atoms with Gasteiger partial charge < -0.3 is 57.7 Å². The van der Waals surface area contributed by atoms with E-state index in [4.69, 9.17) is 54.0 Å². The van der Waals surface area contributed by atoms with Gasteiger partial charge in [-0.15, -0.1) is 0 Å². The SMILES string of the molecule is B[C@@H]1O[C@H](COC)[C@H](OP(O)(=S)OC)C1CCCNC(=O)CCCCO[C@@H]1O[C@H](COC(C)=O)[C@H](OC(C)=O)[C@H](OC(C)=O)[C@H]1NC(C)=O. The molecular formula is C29H50BN2O15PS. The van der Waals surface area contributed by atoms with Crippen molar-refractivity contribution in [2.75, 3.05) is 40.6 Å². The number of rotatable bonds is 20. The molecule has 280 valence electrons. The molecule has 20 heteroatoms. The minimum absolute atomic E-state index is 0.0967. The molecule has 2 rings (SSSR count). The maximum atomic E-state index is 12.5. The summed E-state index contributed by atoms with van der Waals surface area (Å²) in [4.78, 5) is 70.2. The number of nitrogens with one attached hydrogen (secondary N) is 2. The third-order valence-corrected chi connectivity index (χ3v) is 9.46. The Kier molecular flexibility index (Phi) is 18.6. The number of methoxy groups -OCH3 is 1. The molecular weight excluding hydrogens is 690 g/mol. The molecule has 49 heavy (non-hydrogen) atoms. The van der Waals surface area contributed by atoms with Crippen LogP contribution in [0.25, 0.3) is 0 Å². The Morgan fingerprint density at radius 2 is 1.53 bits per heavy atom. The second-order valence-electron chi connectivity index (χ2n) is 11.8. The lowest BCUT2D eigenvalue weighted by Gasteiger charge is -2.44. The average Bonchev–Trinajstić information content (AvgIpc) is 3.28. The molecule has 2 aliphatic rings. The van der Waals surface area contributed by atoms with Gasteiger partial charge in [-0.1, -0.05) is 0 Å². The Morgan fingerprint density at radius 1 is 0.878 bits per heavy atom. The van der Waals surface area contributed by atoms with Crippen LogP contribution < -0.4 is 10.6 Å². The molecule has 2 saturated heterocycles. The van der Waals surface area contributed by atoms with E-state index in [0.29, 0.717) is 32.2 Å². The summed E-state index contributed by atoms with van der Waals surface area (Å²) in [5, 5.41) is 5.54. The summed E-state index contributed by atoms with van der Waals surface area (Å²) < 4.78 is 49.7. The van der Waals surface area contributed by atoms with Crippen LogP contribution in [-0.2, 0) is 78.0 Å². The Labute approximate surface area is 292 Å². The second-order valence-corrected chi connectivity index (χ2v) is 14.7. The van der Waals surface area contributed by atoms with Crippen molar-refractivity contribution in [3.05, 3.63) is 0 Å². The van der Waals surface area contributed by atoms with Crippen LogP contribution in [0.15, 0.2) is 0 Å². The summed E-state index contributed by atoms with van der Waals surface area (Å²) in [6.45, 7) is 1.77. The van der Waals surface area contributed by atoms with Crippen LogP contribution in [0.1, 0.15) is 59.8 Å². The molecule has 0 spiro atoms. The highest BCUT2D eigenvalue weighted by Gasteiger charge is 2.51. The van der Waals surface area contributed by atoms with Crippen molar-refractivity contribution in [2.45, 2.75) is 109 Å². The molecule has 2 heterocycles. The van der Waals surface area contributed by atoms with Crippen molar-refractivity contribution in [1.29, 1.82) is 0 Å². The first-order chi connectivity index (χ1) is 23.1. The molecule has 2 unspecified atom stereocenters. The number of carbonyl (C=O) groups excluding carboxylic acids is 5. The fraction of sp³-hybridized carbons (Fsp3) is 0.828. The molecule has 0 aromatic heterocycles. The highest BCUT2D eigenvalue weighted by molar-refractivity contribution is 8.07. The number of ether oxygens (including phenoxy) is 7. The normalized spacial score (nSPS) is 29.3. The molecule has 3 N–H and O–H groups in total. The van der Waals surface area contributed by atoms with Gasteiger partial charge >= 0.3 is 24.6 Å². The van der Waals surface area contributed by atoms with E-state index in [9.17, 15) is 28.9 Å². The zero-order chi connectivity index (χ0) is 36.7. The minimum atomic E-state index is -3.43. The highest BCUT2D eigenvalue weighted by atomic mass is 32.5. The topological polar surface area (TPSA) is 213 Å². The molecule has 0 aromatic carbocycles. The molecule has 2 amide bonds. The number of amides is 2. The van der Waals surface area contributed by atoms with Crippen LogP contribution in [0.3, 0.4) is 0 Å². The van der Waals surface area contributed by atoms with Crippen molar-refractivity contribution < 1.29 is 71.1 Å². The highest BCUT2D eigenvalue weighted by Crippen LogP contribution is 2.48. The number of hydrogen-bond donors (Lipinski definition) is 3. The van der Waals surface area contributed by atoms with Gasteiger partial charge in [0.15, 0.2) is 18.5 Å². The standard InChI is InChI=1S/C29H50BN2O15PS/c1-16(33)32-24-27(44-19(4)36)26(43-18(3)35)22(15-42-17(2)34)46-29(24)41-13-8-7-11-23(37)31-12-9-10-20-25(47-48(38,49)40-6)21(14-39-5)45-28(20)30/h20-22,24-29H,7-15,30H2,1-6H3,(H,31,37)(H,32,33)(H,38,49)/t20?,21-,22-,24-,25-,26+,27-,28-,29-,48?/m1/s1. The largest absolute Gasteiger partial charge is 0.463 e. The van der Waals surface area contributed by atoms with Crippen molar-refractivity contribution >= 4 is 56.1 Å². The number of esters is 3. The molecule has 17 nitrogen and oxygen atoms in total. The number of unbranched alkanes of at least 4 members (excludes halogenated alkanes) is 1. The van der Waals surface area contributed by atoms with Crippen LogP contribution in [0, 0.1) is 5.92 Å². The van der Waals surface area contributed by atoms with Crippen molar-refractivity contribution in [2.24, 2.45) is 5.92 Å². The average molecular weight is 741 g/mol.